The van der Waals surface area contributed by atoms with Gasteiger partial charge in [-0.15, -0.1) is 0 Å². The number of piperidine rings is 1. The molecule has 2 aliphatic rings. The fourth-order valence-electron chi connectivity index (χ4n) is 2.73. The molecular weight excluding hydrogens is 188 g/mol. The van der Waals surface area contributed by atoms with Crippen molar-refractivity contribution in [3.63, 3.8) is 0 Å². The zero-order valence-electron chi connectivity index (χ0n) is 9.67. The molecule has 3 nitrogen and oxygen atoms in total. The van der Waals surface area contributed by atoms with E-state index >= 15 is 0 Å². The van der Waals surface area contributed by atoms with Crippen LogP contribution < -0.4 is 5.73 Å². The van der Waals surface area contributed by atoms with Crippen LogP contribution in [0.3, 0.4) is 0 Å². The molecule has 0 aromatic rings. The predicted octanol–water partition coefficient (Wildman–Crippen LogP) is 1.52. The minimum Gasteiger partial charge on any atom is -0.341 e. The van der Waals surface area contributed by atoms with E-state index in [0.29, 0.717) is 5.41 Å². The summed E-state index contributed by atoms with van der Waals surface area (Å²) in [6.45, 7) is 4.12. The zero-order valence-corrected chi connectivity index (χ0v) is 9.67. The average molecular weight is 210 g/mol. The van der Waals surface area contributed by atoms with Crippen molar-refractivity contribution < 1.29 is 4.79 Å². The van der Waals surface area contributed by atoms with Gasteiger partial charge in [0.25, 0.3) is 0 Å². The molecule has 0 aromatic carbocycles. The van der Waals surface area contributed by atoms with E-state index in [-0.39, 0.29) is 11.9 Å². The largest absolute Gasteiger partial charge is 0.341 e. The Bertz CT molecular complexity index is 248. The number of amides is 1. The Morgan fingerprint density at radius 1 is 1.53 bits per heavy atom. The number of hydrogen-bond acceptors (Lipinski definition) is 2. The van der Waals surface area contributed by atoms with Crippen LogP contribution in [-0.2, 0) is 4.79 Å². The maximum Gasteiger partial charge on any atom is 0.239 e. The number of carbonyl (C=O) groups excluding carboxylic acids is 1. The van der Waals surface area contributed by atoms with Crippen LogP contribution in [0.4, 0.5) is 0 Å². The van der Waals surface area contributed by atoms with Gasteiger partial charge in [0.05, 0.1) is 6.04 Å². The van der Waals surface area contributed by atoms with Crippen molar-refractivity contribution >= 4 is 5.91 Å². The number of nitrogens with two attached hydrogens (primary N) is 1. The summed E-state index contributed by atoms with van der Waals surface area (Å²) in [6, 6.07) is -0.226. The molecule has 15 heavy (non-hydrogen) atoms. The molecule has 1 amide bonds. The molecule has 1 heterocycles. The van der Waals surface area contributed by atoms with E-state index in [0.717, 1.165) is 25.9 Å². The molecule has 86 valence electrons. The summed E-state index contributed by atoms with van der Waals surface area (Å²) >= 11 is 0. The van der Waals surface area contributed by atoms with Crippen LogP contribution in [0.15, 0.2) is 0 Å². The lowest BCUT2D eigenvalue weighted by molar-refractivity contribution is -0.135. The van der Waals surface area contributed by atoms with Gasteiger partial charge in [-0.3, -0.25) is 4.79 Å². The number of nitrogens with zero attached hydrogens (tertiary/aromatic N) is 1. The van der Waals surface area contributed by atoms with Crippen molar-refractivity contribution in [3.05, 3.63) is 0 Å². The molecule has 1 saturated heterocycles. The van der Waals surface area contributed by atoms with Crippen molar-refractivity contribution in [2.45, 2.75) is 51.5 Å². The van der Waals surface area contributed by atoms with E-state index in [1.165, 1.54) is 25.7 Å². The van der Waals surface area contributed by atoms with Gasteiger partial charge in [-0.05, 0) is 37.5 Å². The van der Waals surface area contributed by atoms with Gasteiger partial charge in [0, 0.05) is 13.1 Å². The standard InChI is InChI=1S/C12H22N2O/c1-2-5-12(6-7-12)9-14-8-3-4-10(13)11(14)15/h10H,2-9,13H2,1H3. The van der Waals surface area contributed by atoms with E-state index in [1.807, 2.05) is 4.90 Å². The van der Waals surface area contributed by atoms with Crippen LogP contribution >= 0.6 is 0 Å². The van der Waals surface area contributed by atoms with E-state index < -0.39 is 0 Å². The van der Waals surface area contributed by atoms with Gasteiger partial charge >= 0.3 is 0 Å². The SMILES string of the molecule is CCCC1(CN2CCCC(N)C2=O)CC1. The molecule has 1 atom stereocenters. The number of rotatable bonds is 4. The minimum atomic E-state index is -0.226. The van der Waals surface area contributed by atoms with Crippen LogP contribution in [0.5, 0.6) is 0 Å². The van der Waals surface area contributed by atoms with Crippen LogP contribution in [0.2, 0.25) is 0 Å². The Hall–Kier alpha value is -0.570. The van der Waals surface area contributed by atoms with Crippen molar-refractivity contribution in [2.24, 2.45) is 11.1 Å². The van der Waals surface area contributed by atoms with Crippen molar-refractivity contribution in [1.29, 1.82) is 0 Å². The second-order valence-electron chi connectivity index (χ2n) is 5.26. The third-order valence-corrected chi connectivity index (χ3v) is 3.84. The average Bonchev–Trinajstić information content (AvgIpc) is 2.94. The molecular formula is C12H22N2O. The van der Waals surface area contributed by atoms with Crippen LogP contribution in [0.25, 0.3) is 0 Å². The van der Waals surface area contributed by atoms with E-state index in [4.69, 9.17) is 5.73 Å². The van der Waals surface area contributed by atoms with E-state index in [9.17, 15) is 4.79 Å². The van der Waals surface area contributed by atoms with Crippen molar-refractivity contribution in [3.8, 4) is 0 Å². The van der Waals surface area contributed by atoms with Crippen LogP contribution in [0.1, 0.15) is 45.4 Å². The molecule has 0 radical (unpaired) electrons. The Balaban J connectivity index is 1.91. The third-order valence-electron chi connectivity index (χ3n) is 3.84. The molecule has 2 fully saturated rings. The lowest BCUT2D eigenvalue weighted by atomic mass is 9.97. The Kier molecular flexibility index (Phi) is 3.01. The fraction of sp³-hybridized carbons (Fsp3) is 0.917. The molecule has 1 saturated carbocycles. The molecule has 1 unspecified atom stereocenters. The Labute approximate surface area is 92.0 Å². The lowest BCUT2D eigenvalue weighted by Gasteiger charge is -2.33. The number of carbonyl (C=O) groups is 1. The van der Waals surface area contributed by atoms with Gasteiger partial charge < -0.3 is 10.6 Å². The molecule has 1 aliphatic carbocycles. The lowest BCUT2D eigenvalue weighted by Crippen LogP contribution is -2.50. The van der Waals surface area contributed by atoms with Crippen molar-refractivity contribution in [2.75, 3.05) is 13.1 Å². The Morgan fingerprint density at radius 3 is 2.87 bits per heavy atom. The summed E-state index contributed by atoms with van der Waals surface area (Å²) in [5, 5.41) is 0. The minimum absolute atomic E-state index is 0.184. The van der Waals surface area contributed by atoms with E-state index in [1.54, 1.807) is 0 Å². The van der Waals surface area contributed by atoms with Crippen LogP contribution in [-0.4, -0.2) is 29.9 Å². The molecule has 0 bridgehead atoms. The molecule has 2 rings (SSSR count). The smallest absolute Gasteiger partial charge is 0.239 e. The monoisotopic (exact) mass is 210 g/mol. The number of hydrogen-bond donors (Lipinski definition) is 1. The van der Waals surface area contributed by atoms with Crippen LogP contribution in [0, 0.1) is 5.41 Å². The number of likely N-dealkylation sites (tertiary alicyclic amines) is 1. The maximum absolute atomic E-state index is 11.8. The first-order valence-corrected chi connectivity index (χ1v) is 6.21. The fourth-order valence-corrected chi connectivity index (χ4v) is 2.73. The third kappa shape index (κ3) is 2.33. The summed E-state index contributed by atoms with van der Waals surface area (Å²) in [5.41, 5.74) is 6.26. The first kappa shape index (κ1) is 10.9. The summed E-state index contributed by atoms with van der Waals surface area (Å²) < 4.78 is 0. The van der Waals surface area contributed by atoms with Gasteiger partial charge in [-0.1, -0.05) is 13.3 Å². The van der Waals surface area contributed by atoms with Gasteiger partial charge in [-0.2, -0.15) is 0 Å². The molecule has 0 spiro atoms. The highest BCUT2D eigenvalue weighted by Gasteiger charge is 2.44. The quantitative estimate of drug-likeness (QED) is 0.764. The predicted molar refractivity (Wildman–Crippen MR) is 60.4 cm³/mol. The molecule has 0 aromatic heterocycles. The normalized spacial score (nSPS) is 29.3. The summed E-state index contributed by atoms with van der Waals surface area (Å²) in [4.78, 5) is 13.8. The van der Waals surface area contributed by atoms with Gasteiger partial charge in [0.15, 0.2) is 0 Å². The topological polar surface area (TPSA) is 46.3 Å². The van der Waals surface area contributed by atoms with E-state index in [2.05, 4.69) is 6.92 Å². The highest BCUT2D eigenvalue weighted by molar-refractivity contribution is 5.82. The molecule has 1 aliphatic heterocycles. The highest BCUT2D eigenvalue weighted by Crippen LogP contribution is 2.50. The van der Waals surface area contributed by atoms with Gasteiger partial charge in [0.1, 0.15) is 0 Å². The summed E-state index contributed by atoms with van der Waals surface area (Å²) in [5.74, 6) is 0.184. The Morgan fingerprint density at radius 2 is 2.27 bits per heavy atom. The highest BCUT2D eigenvalue weighted by atomic mass is 16.2. The summed E-state index contributed by atoms with van der Waals surface area (Å²) in [6.07, 6.45) is 7.06. The summed E-state index contributed by atoms with van der Waals surface area (Å²) in [7, 11) is 0. The second kappa shape index (κ2) is 4.12. The van der Waals surface area contributed by atoms with Crippen molar-refractivity contribution in [1.82, 2.24) is 4.90 Å². The second-order valence-corrected chi connectivity index (χ2v) is 5.26. The van der Waals surface area contributed by atoms with Gasteiger partial charge in [0.2, 0.25) is 5.91 Å². The zero-order chi connectivity index (χ0) is 10.9. The maximum atomic E-state index is 11.8. The first-order chi connectivity index (χ1) is 7.17. The molecule has 2 N–H and O–H groups in total. The van der Waals surface area contributed by atoms with Gasteiger partial charge in [-0.25, -0.2) is 0 Å². The first-order valence-electron chi connectivity index (χ1n) is 6.21. The molecule has 3 heteroatoms.